The normalized spacial score (nSPS) is 30.2. The highest BCUT2D eigenvalue weighted by atomic mass is 16.5. The molecule has 3 aliphatic rings. The van der Waals surface area contributed by atoms with Crippen LogP contribution in [0.4, 0.5) is 0 Å². The van der Waals surface area contributed by atoms with Crippen molar-refractivity contribution >= 4 is 10.9 Å². The van der Waals surface area contributed by atoms with Crippen LogP contribution in [0.25, 0.3) is 10.9 Å². The molecule has 3 aliphatic heterocycles. The summed E-state index contributed by atoms with van der Waals surface area (Å²) in [5.74, 6) is 0.789. The van der Waals surface area contributed by atoms with E-state index in [0.29, 0.717) is 0 Å². The van der Waals surface area contributed by atoms with Gasteiger partial charge in [0.25, 0.3) is 0 Å². The third-order valence-corrected chi connectivity index (χ3v) is 5.98. The number of methoxy groups -OCH3 is 1. The van der Waals surface area contributed by atoms with E-state index in [9.17, 15) is 5.11 Å². The van der Waals surface area contributed by atoms with Gasteiger partial charge in [-0.1, -0.05) is 6.08 Å². The third kappa shape index (κ3) is 2.41. The lowest BCUT2D eigenvalue weighted by Gasteiger charge is -2.53. The summed E-state index contributed by atoms with van der Waals surface area (Å²) in [4.78, 5) is 6.86. The Morgan fingerprint density at radius 2 is 2.17 bits per heavy atom. The van der Waals surface area contributed by atoms with E-state index < -0.39 is 6.10 Å². The third-order valence-electron chi connectivity index (χ3n) is 5.98. The van der Waals surface area contributed by atoms with Crippen LogP contribution in [0, 0.1) is 5.41 Å². The quantitative estimate of drug-likeness (QED) is 0.877. The summed E-state index contributed by atoms with van der Waals surface area (Å²) < 4.78 is 5.35. The minimum Gasteiger partial charge on any atom is -0.497 e. The molecule has 0 spiro atoms. The molecule has 3 fully saturated rings. The molecule has 0 amide bonds. The van der Waals surface area contributed by atoms with E-state index in [1.165, 1.54) is 0 Å². The lowest BCUT2D eigenvalue weighted by molar-refractivity contribution is -0.0522. The molecular weight excluding hydrogens is 300 g/mol. The van der Waals surface area contributed by atoms with Gasteiger partial charge < -0.3 is 9.84 Å². The first-order valence-corrected chi connectivity index (χ1v) is 8.64. The molecular formula is C20H24N2O2. The Kier molecular flexibility index (Phi) is 3.82. The molecule has 1 aromatic heterocycles. The number of ether oxygens (including phenoxy) is 1. The molecule has 1 N–H and O–H groups in total. The fraction of sp³-hybridized carbons (Fsp3) is 0.450. The predicted octanol–water partition coefficient (Wildman–Crippen LogP) is 3.32. The minimum atomic E-state index is -0.525. The molecule has 2 aromatic rings. The number of nitrogens with zero attached hydrogens (tertiary/aromatic N) is 2. The second kappa shape index (κ2) is 5.87. The summed E-state index contributed by atoms with van der Waals surface area (Å²) in [5.41, 5.74) is 2.03. The molecule has 24 heavy (non-hydrogen) atoms. The van der Waals surface area contributed by atoms with Gasteiger partial charge in [0.05, 0.1) is 18.7 Å². The average Bonchev–Trinajstić information content (AvgIpc) is 2.67. The zero-order valence-electron chi connectivity index (χ0n) is 14.1. The van der Waals surface area contributed by atoms with Crippen molar-refractivity contribution in [2.45, 2.75) is 31.4 Å². The number of piperidine rings is 3. The molecule has 1 aromatic carbocycles. The Labute approximate surface area is 142 Å². The Balaban J connectivity index is 1.73. The number of aromatic nitrogens is 1. The molecule has 0 aliphatic carbocycles. The second-order valence-electron chi connectivity index (χ2n) is 7.10. The molecule has 4 heteroatoms. The summed E-state index contributed by atoms with van der Waals surface area (Å²) in [6.07, 6.45) is 6.67. The molecule has 126 valence electrons. The lowest BCUT2D eigenvalue weighted by atomic mass is 9.67. The topological polar surface area (TPSA) is 45.6 Å². The van der Waals surface area contributed by atoms with E-state index in [0.717, 1.165) is 54.6 Å². The number of fused-ring (bicyclic) bond motifs is 4. The molecule has 4 nitrogen and oxygen atoms in total. The maximum absolute atomic E-state index is 11.2. The van der Waals surface area contributed by atoms with Crippen LogP contribution < -0.4 is 4.74 Å². The summed E-state index contributed by atoms with van der Waals surface area (Å²) in [6.45, 7) is 6.15. The van der Waals surface area contributed by atoms with E-state index in [4.69, 9.17) is 4.74 Å². The van der Waals surface area contributed by atoms with Crippen LogP contribution in [0.5, 0.6) is 5.75 Å². The van der Waals surface area contributed by atoms with Gasteiger partial charge in [0, 0.05) is 17.6 Å². The van der Waals surface area contributed by atoms with Crippen molar-refractivity contribution in [1.82, 2.24) is 9.88 Å². The SMILES string of the molecule is C=CC12CCN(CC1)[C@H]([C@@H](O)c1ccnc3ccc(OC)cc13)C2. The van der Waals surface area contributed by atoms with Gasteiger partial charge >= 0.3 is 0 Å². The van der Waals surface area contributed by atoms with Crippen molar-refractivity contribution < 1.29 is 9.84 Å². The van der Waals surface area contributed by atoms with Gasteiger partial charge in [-0.05, 0) is 67.6 Å². The van der Waals surface area contributed by atoms with Crippen LogP contribution in [-0.4, -0.2) is 41.2 Å². The Morgan fingerprint density at radius 3 is 2.88 bits per heavy atom. The van der Waals surface area contributed by atoms with Gasteiger partial charge in [0.1, 0.15) is 5.75 Å². The molecule has 3 saturated heterocycles. The predicted molar refractivity (Wildman–Crippen MR) is 95.1 cm³/mol. The zero-order valence-corrected chi connectivity index (χ0v) is 14.1. The summed E-state index contributed by atoms with van der Waals surface area (Å²) in [7, 11) is 1.66. The molecule has 0 unspecified atom stereocenters. The van der Waals surface area contributed by atoms with Crippen LogP contribution in [0.15, 0.2) is 43.1 Å². The molecule has 5 rings (SSSR count). The number of allylic oxidation sites excluding steroid dienone is 1. The first-order chi connectivity index (χ1) is 11.7. The van der Waals surface area contributed by atoms with E-state index in [-0.39, 0.29) is 11.5 Å². The van der Waals surface area contributed by atoms with Crippen LogP contribution in [0.2, 0.25) is 0 Å². The van der Waals surface area contributed by atoms with E-state index in [1.807, 2.05) is 24.3 Å². The van der Waals surface area contributed by atoms with Crippen molar-refractivity contribution in [2.75, 3.05) is 20.2 Å². The smallest absolute Gasteiger partial charge is 0.119 e. The number of aliphatic hydroxyl groups is 1. The van der Waals surface area contributed by atoms with Crippen molar-refractivity contribution in [3.05, 3.63) is 48.7 Å². The number of hydrogen-bond acceptors (Lipinski definition) is 4. The number of rotatable bonds is 4. The molecule has 4 heterocycles. The van der Waals surface area contributed by atoms with Crippen LogP contribution in [0.1, 0.15) is 30.9 Å². The van der Waals surface area contributed by atoms with Gasteiger partial charge in [0.15, 0.2) is 0 Å². The monoisotopic (exact) mass is 324 g/mol. The van der Waals surface area contributed by atoms with E-state index in [1.54, 1.807) is 13.3 Å². The van der Waals surface area contributed by atoms with Crippen molar-refractivity contribution in [3.63, 3.8) is 0 Å². The van der Waals surface area contributed by atoms with Crippen molar-refractivity contribution in [3.8, 4) is 5.75 Å². The van der Waals surface area contributed by atoms with E-state index >= 15 is 0 Å². The standard InChI is InChI=1S/C20H24N2O2/c1-3-20-7-10-22(11-8-20)18(13-20)19(23)15-6-9-21-17-5-4-14(24-2)12-16(15)17/h3-6,9,12,18-19,23H,1,7-8,10-11,13H2,2H3/t18-,19-/m0/s1. The Morgan fingerprint density at radius 1 is 1.38 bits per heavy atom. The number of hydrogen-bond donors (Lipinski definition) is 1. The highest BCUT2D eigenvalue weighted by Crippen LogP contribution is 2.47. The fourth-order valence-electron chi connectivity index (χ4n) is 4.39. The first-order valence-electron chi connectivity index (χ1n) is 8.64. The molecule has 2 atom stereocenters. The summed E-state index contributed by atoms with van der Waals surface area (Å²) in [6, 6.07) is 7.91. The number of benzene rings is 1. The largest absolute Gasteiger partial charge is 0.497 e. The van der Waals surface area contributed by atoms with Gasteiger partial charge in [-0.3, -0.25) is 9.88 Å². The van der Waals surface area contributed by atoms with Gasteiger partial charge in [-0.15, -0.1) is 6.58 Å². The maximum atomic E-state index is 11.2. The zero-order chi connectivity index (χ0) is 16.7. The molecule has 0 saturated carbocycles. The summed E-state index contributed by atoms with van der Waals surface area (Å²) >= 11 is 0. The number of pyridine rings is 1. The Hall–Kier alpha value is -1.91. The van der Waals surface area contributed by atoms with Crippen LogP contribution >= 0.6 is 0 Å². The maximum Gasteiger partial charge on any atom is 0.119 e. The highest BCUT2D eigenvalue weighted by Gasteiger charge is 2.45. The fourth-order valence-corrected chi connectivity index (χ4v) is 4.39. The Bertz CT molecular complexity index is 765. The van der Waals surface area contributed by atoms with Crippen molar-refractivity contribution in [2.24, 2.45) is 5.41 Å². The second-order valence-corrected chi connectivity index (χ2v) is 7.10. The highest BCUT2D eigenvalue weighted by molar-refractivity contribution is 5.83. The minimum absolute atomic E-state index is 0.141. The van der Waals surface area contributed by atoms with Crippen LogP contribution in [-0.2, 0) is 0 Å². The van der Waals surface area contributed by atoms with Gasteiger partial charge in [-0.25, -0.2) is 0 Å². The molecule has 0 radical (unpaired) electrons. The lowest BCUT2D eigenvalue weighted by Crippen LogP contribution is -2.55. The van der Waals surface area contributed by atoms with Gasteiger partial charge in [0.2, 0.25) is 0 Å². The number of aliphatic hydroxyl groups excluding tert-OH is 1. The van der Waals surface area contributed by atoms with Gasteiger partial charge in [-0.2, -0.15) is 0 Å². The average molecular weight is 324 g/mol. The van der Waals surface area contributed by atoms with Crippen molar-refractivity contribution in [1.29, 1.82) is 0 Å². The van der Waals surface area contributed by atoms with E-state index in [2.05, 4.69) is 22.5 Å². The van der Waals surface area contributed by atoms with Crippen LogP contribution in [0.3, 0.4) is 0 Å². The first kappa shape index (κ1) is 15.6. The summed E-state index contributed by atoms with van der Waals surface area (Å²) in [5, 5.41) is 12.2. The molecule has 2 bridgehead atoms.